The molecule has 0 heterocycles. The van der Waals surface area contributed by atoms with Gasteiger partial charge < -0.3 is 10.8 Å². The molecular formula is C11H20ClNO2. The molecule has 0 saturated heterocycles. The van der Waals surface area contributed by atoms with Gasteiger partial charge in [0.2, 0.25) is 0 Å². The molecule has 2 fully saturated rings. The molecule has 4 heteroatoms. The van der Waals surface area contributed by atoms with E-state index in [0.717, 1.165) is 12.8 Å². The van der Waals surface area contributed by atoms with Crippen molar-refractivity contribution in [3.8, 4) is 0 Å². The van der Waals surface area contributed by atoms with Gasteiger partial charge >= 0.3 is 5.97 Å². The molecule has 3 N–H and O–H groups in total. The molecule has 2 bridgehead atoms. The van der Waals surface area contributed by atoms with Crippen molar-refractivity contribution in [3.05, 3.63) is 0 Å². The summed E-state index contributed by atoms with van der Waals surface area (Å²) in [7, 11) is 0. The lowest BCUT2D eigenvalue weighted by molar-refractivity contribution is -0.140. The monoisotopic (exact) mass is 233 g/mol. The van der Waals surface area contributed by atoms with Gasteiger partial charge in [0.1, 0.15) is 0 Å². The van der Waals surface area contributed by atoms with E-state index in [2.05, 4.69) is 13.8 Å². The van der Waals surface area contributed by atoms with Gasteiger partial charge in [-0.3, -0.25) is 4.79 Å². The number of carboxylic acid groups (broad SMARTS) is 1. The van der Waals surface area contributed by atoms with Crippen LogP contribution in [0.5, 0.6) is 0 Å². The summed E-state index contributed by atoms with van der Waals surface area (Å²) in [6.07, 6.45) is 3.62. The van der Waals surface area contributed by atoms with E-state index in [1.807, 2.05) is 0 Å². The molecule has 15 heavy (non-hydrogen) atoms. The Morgan fingerprint density at radius 1 is 1.40 bits per heavy atom. The van der Waals surface area contributed by atoms with Crippen LogP contribution in [0.3, 0.4) is 0 Å². The first kappa shape index (κ1) is 12.8. The summed E-state index contributed by atoms with van der Waals surface area (Å²) in [5, 5.41) is 8.92. The largest absolute Gasteiger partial charge is 0.481 e. The van der Waals surface area contributed by atoms with Gasteiger partial charge in [0.15, 0.2) is 0 Å². The van der Waals surface area contributed by atoms with Gasteiger partial charge in [-0.1, -0.05) is 13.8 Å². The number of rotatable bonds is 2. The first-order valence-corrected chi connectivity index (χ1v) is 5.38. The fraction of sp³-hybridized carbons (Fsp3) is 0.909. The van der Waals surface area contributed by atoms with E-state index in [4.69, 9.17) is 10.8 Å². The van der Waals surface area contributed by atoms with Crippen LogP contribution in [0.4, 0.5) is 0 Å². The Hall–Kier alpha value is -0.280. The molecule has 2 aliphatic carbocycles. The van der Waals surface area contributed by atoms with Crippen LogP contribution in [0, 0.1) is 17.3 Å². The predicted molar refractivity (Wildman–Crippen MR) is 61.0 cm³/mol. The topological polar surface area (TPSA) is 63.3 Å². The van der Waals surface area contributed by atoms with Crippen LogP contribution in [0.2, 0.25) is 0 Å². The van der Waals surface area contributed by atoms with Crippen LogP contribution in [0.1, 0.15) is 39.5 Å². The zero-order chi connectivity index (χ0) is 10.6. The zero-order valence-corrected chi connectivity index (χ0v) is 10.1. The molecule has 0 spiro atoms. The second-order valence-corrected chi connectivity index (χ2v) is 5.54. The predicted octanol–water partition coefficient (Wildman–Crippen LogP) is 2.04. The van der Waals surface area contributed by atoms with Crippen molar-refractivity contribution in [1.29, 1.82) is 0 Å². The summed E-state index contributed by atoms with van der Waals surface area (Å²) in [6.45, 7) is 4.28. The maximum atomic E-state index is 10.8. The third-order valence-electron chi connectivity index (χ3n) is 4.83. The van der Waals surface area contributed by atoms with Crippen molar-refractivity contribution in [2.24, 2.45) is 23.0 Å². The Bertz CT molecular complexity index is 280. The summed E-state index contributed by atoms with van der Waals surface area (Å²) in [5.74, 6) is 0.309. The van der Waals surface area contributed by atoms with Gasteiger partial charge in [-0.2, -0.15) is 0 Å². The average molecular weight is 234 g/mol. The third kappa shape index (κ3) is 1.56. The fourth-order valence-electron chi connectivity index (χ4n) is 3.63. The number of aliphatic carboxylic acids is 1. The van der Waals surface area contributed by atoms with Crippen LogP contribution in [-0.4, -0.2) is 16.6 Å². The Kier molecular flexibility index (Phi) is 3.10. The lowest BCUT2D eigenvalue weighted by Crippen LogP contribution is -2.57. The van der Waals surface area contributed by atoms with Crippen LogP contribution in [0.25, 0.3) is 0 Å². The maximum absolute atomic E-state index is 10.8. The van der Waals surface area contributed by atoms with Crippen molar-refractivity contribution in [2.75, 3.05) is 0 Å². The summed E-state index contributed by atoms with van der Waals surface area (Å²) in [6, 6.07) is 0. The Labute approximate surface area is 96.8 Å². The molecule has 0 radical (unpaired) electrons. The molecule has 2 saturated carbocycles. The van der Waals surface area contributed by atoms with E-state index in [-0.39, 0.29) is 24.2 Å². The summed E-state index contributed by atoms with van der Waals surface area (Å²) in [4.78, 5) is 10.8. The minimum absolute atomic E-state index is 0. The number of halogens is 1. The molecule has 3 nitrogen and oxygen atoms in total. The highest BCUT2D eigenvalue weighted by Crippen LogP contribution is 2.61. The first-order valence-electron chi connectivity index (χ1n) is 5.38. The number of carbonyl (C=O) groups is 1. The molecule has 0 aliphatic heterocycles. The standard InChI is InChI=1S/C11H19NO2.ClH/c1-10(2)7-3-4-8(5-7)11(10,12)6-9(13)14;/h7-8H,3-6,12H2,1-2H3,(H,13,14);1H/t7-,8-,11-;/m0./s1. The highest BCUT2D eigenvalue weighted by atomic mass is 35.5. The van der Waals surface area contributed by atoms with E-state index in [1.165, 1.54) is 6.42 Å². The van der Waals surface area contributed by atoms with E-state index < -0.39 is 11.5 Å². The maximum Gasteiger partial charge on any atom is 0.305 e. The zero-order valence-electron chi connectivity index (χ0n) is 9.32. The van der Waals surface area contributed by atoms with Crippen molar-refractivity contribution < 1.29 is 9.90 Å². The lowest BCUT2D eigenvalue weighted by atomic mass is 9.62. The SMILES string of the molecule is CC1(C)[C@H]2CC[C@@H](C2)[C@@]1(N)CC(=O)O.Cl. The van der Waals surface area contributed by atoms with Gasteiger partial charge in [0.25, 0.3) is 0 Å². The summed E-state index contributed by atoms with van der Waals surface area (Å²) >= 11 is 0. The van der Waals surface area contributed by atoms with Gasteiger partial charge in [0, 0.05) is 5.54 Å². The van der Waals surface area contributed by atoms with Crippen LogP contribution in [0.15, 0.2) is 0 Å². The molecule has 0 aromatic rings. The second-order valence-electron chi connectivity index (χ2n) is 5.54. The molecule has 0 aromatic carbocycles. The quantitative estimate of drug-likeness (QED) is 0.767. The van der Waals surface area contributed by atoms with Crippen molar-refractivity contribution >= 4 is 18.4 Å². The number of fused-ring (bicyclic) bond motifs is 2. The molecule has 0 unspecified atom stereocenters. The highest BCUT2D eigenvalue weighted by molar-refractivity contribution is 5.85. The molecule has 2 rings (SSSR count). The van der Waals surface area contributed by atoms with Crippen LogP contribution in [-0.2, 0) is 4.79 Å². The Balaban J connectivity index is 0.00000112. The van der Waals surface area contributed by atoms with Crippen LogP contribution < -0.4 is 5.73 Å². The minimum atomic E-state index is -0.756. The van der Waals surface area contributed by atoms with Gasteiger partial charge in [-0.05, 0) is 36.5 Å². The fourth-order valence-corrected chi connectivity index (χ4v) is 3.63. The minimum Gasteiger partial charge on any atom is -0.481 e. The normalized spacial score (nSPS) is 41.3. The third-order valence-corrected chi connectivity index (χ3v) is 4.83. The summed E-state index contributed by atoms with van der Waals surface area (Å²) < 4.78 is 0. The lowest BCUT2D eigenvalue weighted by Gasteiger charge is -2.46. The summed E-state index contributed by atoms with van der Waals surface area (Å²) in [5.41, 5.74) is 5.87. The molecule has 88 valence electrons. The second kappa shape index (κ2) is 3.63. The number of hydrogen-bond donors (Lipinski definition) is 2. The van der Waals surface area contributed by atoms with Crippen molar-refractivity contribution in [1.82, 2.24) is 0 Å². The first-order chi connectivity index (χ1) is 6.38. The average Bonchev–Trinajstić information content (AvgIpc) is 2.54. The van der Waals surface area contributed by atoms with Crippen LogP contribution >= 0.6 is 12.4 Å². The molecule has 0 amide bonds. The molecular weight excluding hydrogens is 214 g/mol. The molecule has 3 atom stereocenters. The Morgan fingerprint density at radius 2 is 1.93 bits per heavy atom. The van der Waals surface area contributed by atoms with E-state index in [9.17, 15) is 4.79 Å². The van der Waals surface area contributed by atoms with Crippen molar-refractivity contribution in [2.45, 2.75) is 45.1 Å². The smallest absolute Gasteiger partial charge is 0.305 e. The number of carboxylic acids is 1. The van der Waals surface area contributed by atoms with E-state index in [0.29, 0.717) is 11.8 Å². The van der Waals surface area contributed by atoms with Crippen molar-refractivity contribution in [3.63, 3.8) is 0 Å². The number of hydrogen-bond acceptors (Lipinski definition) is 2. The Morgan fingerprint density at radius 3 is 2.33 bits per heavy atom. The molecule has 0 aromatic heterocycles. The highest BCUT2D eigenvalue weighted by Gasteiger charge is 2.61. The van der Waals surface area contributed by atoms with Gasteiger partial charge in [0.05, 0.1) is 6.42 Å². The van der Waals surface area contributed by atoms with E-state index in [1.54, 1.807) is 0 Å². The number of nitrogens with two attached hydrogens (primary N) is 1. The van der Waals surface area contributed by atoms with Gasteiger partial charge in [-0.25, -0.2) is 0 Å². The molecule has 2 aliphatic rings. The van der Waals surface area contributed by atoms with E-state index >= 15 is 0 Å². The van der Waals surface area contributed by atoms with Gasteiger partial charge in [-0.15, -0.1) is 12.4 Å².